The molecule has 0 radical (unpaired) electrons. The van der Waals surface area contributed by atoms with Gasteiger partial charge in [0.15, 0.2) is 0 Å². The van der Waals surface area contributed by atoms with Crippen LogP contribution < -0.4 is 5.32 Å². The van der Waals surface area contributed by atoms with Crippen LogP contribution in [0.1, 0.15) is 24.8 Å². The number of hydrogen-bond acceptors (Lipinski definition) is 2. The molecular weight excluding hydrogens is 304 g/mol. The Labute approximate surface area is 122 Å². The number of amides is 1. The van der Waals surface area contributed by atoms with Crippen molar-refractivity contribution in [2.45, 2.75) is 24.7 Å². The van der Waals surface area contributed by atoms with Crippen molar-refractivity contribution in [3.05, 3.63) is 34.3 Å². The quantitative estimate of drug-likeness (QED) is 0.906. The molecule has 0 spiro atoms. The molecule has 1 saturated carbocycles. The smallest absolute Gasteiger partial charge is 0.233 e. The number of halogens is 1. The highest BCUT2D eigenvalue weighted by atomic mass is 79.9. The Kier molecular flexibility index (Phi) is 3.63. The van der Waals surface area contributed by atoms with Gasteiger partial charge in [-0.25, -0.2) is 0 Å². The van der Waals surface area contributed by atoms with Crippen molar-refractivity contribution in [2.24, 2.45) is 0 Å². The van der Waals surface area contributed by atoms with Gasteiger partial charge >= 0.3 is 0 Å². The number of rotatable bonds is 2. The van der Waals surface area contributed by atoms with Gasteiger partial charge in [-0.2, -0.15) is 0 Å². The first-order chi connectivity index (χ1) is 9.22. The first-order valence-electron chi connectivity index (χ1n) is 6.98. The van der Waals surface area contributed by atoms with E-state index in [1.165, 1.54) is 5.56 Å². The summed E-state index contributed by atoms with van der Waals surface area (Å²) in [6.07, 6.45) is 3.16. The van der Waals surface area contributed by atoms with Crippen LogP contribution in [0.25, 0.3) is 0 Å². The van der Waals surface area contributed by atoms with Crippen LogP contribution in [0.2, 0.25) is 0 Å². The van der Waals surface area contributed by atoms with Gasteiger partial charge in [0.1, 0.15) is 0 Å². The predicted molar refractivity (Wildman–Crippen MR) is 79.1 cm³/mol. The van der Waals surface area contributed by atoms with E-state index in [2.05, 4.69) is 33.4 Å². The summed E-state index contributed by atoms with van der Waals surface area (Å²) in [4.78, 5) is 14.9. The fourth-order valence-electron chi connectivity index (χ4n) is 3.10. The molecule has 3 rings (SSSR count). The van der Waals surface area contributed by atoms with Gasteiger partial charge in [-0.1, -0.05) is 34.5 Å². The zero-order chi connectivity index (χ0) is 13.3. The van der Waals surface area contributed by atoms with E-state index in [4.69, 9.17) is 0 Å². The maximum atomic E-state index is 12.9. The average Bonchev–Trinajstić information content (AvgIpc) is 2.40. The van der Waals surface area contributed by atoms with Crippen molar-refractivity contribution in [2.75, 3.05) is 26.2 Å². The zero-order valence-electron chi connectivity index (χ0n) is 11.0. The van der Waals surface area contributed by atoms with Crippen LogP contribution in [-0.4, -0.2) is 37.0 Å². The highest BCUT2D eigenvalue weighted by Crippen LogP contribution is 2.45. The summed E-state index contributed by atoms with van der Waals surface area (Å²) in [5.74, 6) is 0.336. The van der Waals surface area contributed by atoms with E-state index in [-0.39, 0.29) is 5.41 Å². The molecule has 0 aromatic heterocycles. The van der Waals surface area contributed by atoms with Crippen LogP contribution in [-0.2, 0) is 10.2 Å². The Morgan fingerprint density at radius 3 is 2.32 bits per heavy atom. The molecular formula is C15H19BrN2O. The number of benzene rings is 1. The average molecular weight is 323 g/mol. The Hall–Kier alpha value is -0.870. The van der Waals surface area contributed by atoms with Crippen molar-refractivity contribution in [3.8, 4) is 0 Å². The van der Waals surface area contributed by atoms with E-state index in [1.807, 2.05) is 17.0 Å². The molecule has 3 nitrogen and oxygen atoms in total. The largest absolute Gasteiger partial charge is 0.339 e. The molecule has 1 heterocycles. The van der Waals surface area contributed by atoms with Gasteiger partial charge in [0.25, 0.3) is 0 Å². The lowest BCUT2D eigenvalue weighted by molar-refractivity contribution is -0.141. The number of hydrogen-bond donors (Lipinski definition) is 1. The SMILES string of the molecule is O=C(N1CCNCC1)C1(c2ccc(Br)cc2)CCC1. The van der Waals surface area contributed by atoms with E-state index in [0.717, 1.165) is 49.9 Å². The molecule has 1 aromatic rings. The Bertz CT molecular complexity index is 462. The fourth-order valence-corrected chi connectivity index (χ4v) is 3.36. The van der Waals surface area contributed by atoms with Gasteiger partial charge in [0.05, 0.1) is 5.41 Å². The molecule has 1 aliphatic carbocycles. The van der Waals surface area contributed by atoms with E-state index in [0.29, 0.717) is 5.91 Å². The van der Waals surface area contributed by atoms with Gasteiger partial charge in [-0.15, -0.1) is 0 Å². The fraction of sp³-hybridized carbons (Fsp3) is 0.533. The Balaban J connectivity index is 1.85. The summed E-state index contributed by atoms with van der Waals surface area (Å²) in [7, 11) is 0. The topological polar surface area (TPSA) is 32.3 Å². The van der Waals surface area contributed by atoms with Crippen molar-refractivity contribution < 1.29 is 4.79 Å². The number of nitrogens with zero attached hydrogens (tertiary/aromatic N) is 1. The molecule has 0 bridgehead atoms. The van der Waals surface area contributed by atoms with Gasteiger partial charge in [-0.05, 0) is 30.5 Å². The van der Waals surface area contributed by atoms with Crippen molar-refractivity contribution in [1.29, 1.82) is 0 Å². The van der Waals surface area contributed by atoms with Crippen LogP contribution in [0.4, 0.5) is 0 Å². The molecule has 1 aromatic carbocycles. The van der Waals surface area contributed by atoms with E-state index >= 15 is 0 Å². The lowest BCUT2D eigenvalue weighted by Gasteiger charge is -2.45. The Morgan fingerprint density at radius 2 is 1.79 bits per heavy atom. The second kappa shape index (κ2) is 5.25. The number of piperazine rings is 1. The lowest BCUT2D eigenvalue weighted by Crippen LogP contribution is -2.56. The normalized spacial score (nSPS) is 21.8. The monoisotopic (exact) mass is 322 g/mol. The molecule has 1 saturated heterocycles. The maximum absolute atomic E-state index is 12.9. The van der Waals surface area contributed by atoms with Gasteiger partial charge in [0.2, 0.25) is 5.91 Å². The second-order valence-electron chi connectivity index (χ2n) is 5.48. The van der Waals surface area contributed by atoms with Gasteiger partial charge in [0, 0.05) is 30.7 Å². The molecule has 4 heteroatoms. The summed E-state index contributed by atoms with van der Waals surface area (Å²) < 4.78 is 1.07. The van der Waals surface area contributed by atoms with Crippen LogP contribution in [0.15, 0.2) is 28.7 Å². The first kappa shape index (κ1) is 13.1. The van der Waals surface area contributed by atoms with Gasteiger partial charge in [-0.3, -0.25) is 4.79 Å². The number of carbonyl (C=O) groups is 1. The van der Waals surface area contributed by atoms with Crippen LogP contribution in [0.5, 0.6) is 0 Å². The molecule has 2 fully saturated rings. The van der Waals surface area contributed by atoms with E-state index in [1.54, 1.807) is 0 Å². The molecule has 0 unspecified atom stereocenters. The lowest BCUT2D eigenvalue weighted by atomic mass is 9.63. The summed E-state index contributed by atoms with van der Waals surface area (Å²) in [6, 6.07) is 8.29. The summed E-state index contributed by atoms with van der Waals surface area (Å²) in [6.45, 7) is 3.53. The van der Waals surface area contributed by atoms with Crippen molar-refractivity contribution in [3.63, 3.8) is 0 Å². The highest BCUT2D eigenvalue weighted by Gasteiger charge is 2.47. The highest BCUT2D eigenvalue weighted by molar-refractivity contribution is 9.10. The maximum Gasteiger partial charge on any atom is 0.233 e. The second-order valence-corrected chi connectivity index (χ2v) is 6.40. The van der Waals surface area contributed by atoms with E-state index < -0.39 is 0 Å². The molecule has 1 amide bonds. The molecule has 1 N–H and O–H groups in total. The van der Waals surface area contributed by atoms with Crippen LogP contribution in [0.3, 0.4) is 0 Å². The standard InChI is InChI=1S/C15H19BrN2O/c16-13-4-2-12(3-5-13)15(6-1-7-15)14(19)18-10-8-17-9-11-18/h2-5,17H,1,6-11H2. The molecule has 1 aliphatic heterocycles. The number of nitrogens with one attached hydrogen (secondary N) is 1. The molecule has 19 heavy (non-hydrogen) atoms. The summed E-state index contributed by atoms with van der Waals surface area (Å²) in [5.41, 5.74) is 0.948. The molecule has 2 aliphatic rings. The van der Waals surface area contributed by atoms with Crippen LogP contribution in [0, 0.1) is 0 Å². The van der Waals surface area contributed by atoms with Crippen molar-refractivity contribution >= 4 is 21.8 Å². The minimum absolute atomic E-state index is 0.238. The predicted octanol–water partition coefficient (Wildman–Crippen LogP) is 2.30. The molecule has 102 valence electrons. The minimum Gasteiger partial charge on any atom is -0.339 e. The Morgan fingerprint density at radius 1 is 1.16 bits per heavy atom. The number of carbonyl (C=O) groups excluding carboxylic acids is 1. The third-order valence-electron chi connectivity index (χ3n) is 4.42. The summed E-state index contributed by atoms with van der Waals surface area (Å²) in [5, 5.41) is 3.30. The summed E-state index contributed by atoms with van der Waals surface area (Å²) >= 11 is 3.46. The third kappa shape index (κ3) is 2.32. The minimum atomic E-state index is -0.238. The van der Waals surface area contributed by atoms with Crippen LogP contribution >= 0.6 is 15.9 Å². The molecule has 0 atom stereocenters. The van der Waals surface area contributed by atoms with Gasteiger partial charge < -0.3 is 10.2 Å². The van der Waals surface area contributed by atoms with E-state index in [9.17, 15) is 4.79 Å². The van der Waals surface area contributed by atoms with Crippen molar-refractivity contribution in [1.82, 2.24) is 10.2 Å². The zero-order valence-corrected chi connectivity index (χ0v) is 12.6. The first-order valence-corrected chi connectivity index (χ1v) is 7.78. The third-order valence-corrected chi connectivity index (χ3v) is 4.95.